The second-order valence-corrected chi connectivity index (χ2v) is 10.3. The number of carbonyl (C=O) groups is 1. The van der Waals surface area contributed by atoms with Crippen LogP contribution in [0.2, 0.25) is 4.34 Å². The largest absolute Gasteiger partial charge is 0.497 e. The molecule has 0 aliphatic rings. The molecule has 0 spiro atoms. The van der Waals surface area contributed by atoms with Crippen LogP contribution in [0, 0.1) is 0 Å². The van der Waals surface area contributed by atoms with E-state index in [1.54, 1.807) is 59.6 Å². The normalized spacial score (nSPS) is 10.8. The summed E-state index contributed by atoms with van der Waals surface area (Å²) in [6, 6.07) is 17.5. The predicted molar refractivity (Wildman–Crippen MR) is 151 cm³/mol. The molecular formula is C28H24ClN5O4S. The number of aromatic nitrogens is 4. The Morgan fingerprint density at radius 3 is 2.67 bits per heavy atom. The van der Waals surface area contributed by atoms with Crippen LogP contribution in [-0.2, 0) is 13.1 Å². The zero-order valence-electron chi connectivity index (χ0n) is 21.1. The Bertz CT molecular complexity index is 1680. The second-order valence-electron chi connectivity index (χ2n) is 8.47. The zero-order chi connectivity index (χ0) is 27.4. The number of anilines is 1. The van der Waals surface area contributed by atoms with Crippen molar-refractivity contribution >= 4 is 34.7 Å². The highest BCUT2D eigenvalue weighted by molar-refractivity contribution is 7.16. The van der Waals surface area contributed by atoms with Crippen molar-refractivity contribution in [1.29, 1.82) is 0 Å². The van der Waals surface area contributed by atoms with Crippen molar-refractivity contribution in [2.24, 2.45) is 0 Å². The highest BCUT2D eigenvalue weighted by atomic mass is 35.5. The van der Waals surface area contributed by atoms with E-state index in [1.807, 2.05) is 24.3 Å². The van der Waals surface area contributed by atoms with E-state index in [0.717, 1.165) is 10.4 Å². The van der Waals surface area contributed by atoms with Crippen LogP contribution in [0.5, 0.6) is 11.5 Å². The van der Waals surface area contributed by atoms with Gasteiger partial charge >= 0.3 is 0 Å². The summed E-state index contributed by atoms with van der Waals surface area (Å²) in [5.74, 6) is 0.875. The fourth-order valence-corrected chi connectivity index (χ4v) is 5.08. The summed E-state index contributed by atoms with van der Waals surface area (Å²) in [5.41, 5.74) is 1.65. The Hall–Kier alpha value is -4.41. The maximum Gasteiger partial charge on any atom is 0.283 e. The number of benzene rings is 1. The Balaban J connectivity index is 1.55. The molecule has 0 unspecified atom stereocenters. The van der Waals surface area contributed by atoms with Gasteiger partial charge in [-0.25, -0.2) is 0 Å². The van der Waals surface area contributed by atoms with Crippen molar-refractivity contribution in [3.63, 3.8) is 0 Å². The summed E-state index contributed by atoms with van der Waals surface area (Å²) in [6.45, 7) is 0.767. The number of carbonyl (C=O) groups excluding carboxylic acids is 1. The van der Waals surface area contributed by atoms with Gasteiger partial charge in [-0.05, 0) is 48.0 Å². The first-order valence-electron chi connectivity index (χ1n) is 11.9. The number of rotatable bonds is 9. The van der Waals surface area contributed by atoms with Crippen LogP contribution in [-0.4, -0.2) is 39.5 Å². The molecule has 198 valence electrons. The van der Waals surface area contributed by atoms with Crippen LogP contribution < -0.4 is 20.3 Å². The number of nitrogens with zero attached hydrogens (tertiary/aromatic N) is 4. The van der Waals surface area contributed by atoms with E-state index in [4.69, 9.17) is 21.1 Å². The van der Waals surface area contributed by atoms with Gasteiger partial charge in [-0.2, -0.15) is 9.78 Å². The van der Waals surface area contributed by atoms with Crippen molar-refractivity contribution in [1.82, 2.24) is 19.3 Å². The Kier molecular flexibility index (Phi) is 7.76. The van der Waals surface area contributed by atoms with Crippen LogP contribution in [0.25, 0.3) is 11.3 Å². The van der Waals surface area contributed by atoms with Gasteiger partial charge in [0.2, 0.25) is 0 Å². The van der Waals surface area contributed by atoms with Gasteiger partial charge in [0.05, 0.1) is 42.8 Å². The maximum atomic E-state index is 13.7. The minimum Gasteiger partial charge on any atom is -0.497 e. The topological polar surface area (TPSA) is 100 Å². The van der Waals surface area contributed by atoms with E-state index in [9.17, 15) is 9.59 Å². The van der Waals surface area contributed by atoms with Crippen LogP contribution in [0.15, 0.2) is 84.0 Å². The molecule has 5 aromatic rings. The average molecular weight is 562 g/mol. The van der Waals surface area contributed by atoms with Gasteiger partial charge in [0.1, 0.15) is 23.0 Å². The summed E-state index contributed by atoms with van der Waals surface area (Å²) in [4.78, 5) is 32.3. The lowest BCUT2D eigenvalue weighted by atomic mass is 10.1. The molecule has 0 bridgehead atoms. The molecule has 11 heteroatoms. The summed E-state index contributed by atoms with van der Waals surface area (Å²) in [7, 11) is 3.02. The molecule has 0 saturated carbocycles. The van der Waals surface area contributed by atoms with Crippen molar-refractivity contribution in [2.45, 2.75) is 13.1 Å². The predicted octanol–water partition coefficient (Wildman–Crippen LogP) is 5.19. The van der Waals surface area contributed by atoms with E-state index in [2.05, 4.69) is 15.4 Å². The number of nitrogens with one attached hydrogen (secondary N) is 1. The molecule has 1 aromatic carbocycles. The number of halogens is 1. The quantitative estimate of drug-likeness (QED) is 0.264. The molecule has 0 fully saturated rings. The van der Waals surface area contributed by atoms with E-state index in [-0.39, 0.29) is 11.1 Å². The highest BCUT2D eigenvalue weighted by Crippen LogP contribution is 2.28. The molecular weight excluding hydrogens is 538 g/mol. The van der Waals surface area contributed by atoms with E-state index in [1.165, 1.54) is 30.2 Å². The van der Waals surface area contributed by atoms with Crippen molar-refractivity contribution < 1.29 is 14.3 Å². The van der Waals surface area contributed by atoms with Crippen LogP contribution in [0.3, 0.4) is 0 Å². The monoisotopic (exact) mass is 561 g/mol. The SMILES string of the molecule is COc1ccc(C(=O)n2nc(-c3cccn(Cc4cccnc4)c3=O)cc2NCc2ccc(Cl)s2)c(OC)c1. The lowest BCUT2D eigenvalue weighted by Gasteiger charge is -2.12. The fraction of sp³-hybridized carbons (Fsp3) is 0.143. The lowest BCUT2D eigenvalue weighted by molar-refractivity contribution is 0.0944. The minimum absolute atomic E-state index is 0.239. The van der Waals surface area contributed by atoms with Gasteiger partial charge in [0, 0.05) is 35.6 Å². The van der Waals surface area contributed by atoms with Gasteiger partial charge in [0.15, 0.2) is 0 Å². The van der Waals surface area contributed by atoms with Gasteiger partial charge in [-0.3, -0.25) is 14.6 Å². The number of ether oxygens (including phenoxy) is 2. The second kappa shape index (κ2) is 11.5. The zero-order valence-corrected chi connectivity index (χ0v) is 22.7. The molecule has 0 amide bonds. The highest BCUT2D eigenvalue weighted by Gasteiger charge is 2.22. The van der Waals surface area contributed by atoms with E-state index < -0.39 is 5.91 Å². The number of hydrogen-bond acceptors (Lipinski definition) is 8. The first kappa shape index (κ1) is 26.2. The fourth-order valence-electron chi connectivity index (χ4n) is 4.05. The molecule has 0 atom stereocenters. The van der Waals surface area contributed by atoms with Crippen molar-refractivity contribution in [3.8, 4) is 22.8 Å². The Morgan fingerprint density at radius 1 is 1.08 bits per heavy atom. The van der Waals surface area contributed by atoms with Crippen molar-refractivity contribution in [2.75, 3.05) is 19.5 Å². The van der Waals surface area contributed by atoms with Crippen LogP contribution in [0.1, 0.15) is 20.8 Å². The number of hydrogen-bond donors (Lipinski definition) is 1. The number of thiophene rings is 1. The molecule has 9 nitrogen and oxygen atoms in total. The summed E-state index contributed by atoms with van der Waals surface area (Å²) < 4.78 is 14.2. The molecule has 0 saturated heterocycles. The molecule has 39 heavy (non-hydrogen) atoms. The third-order valence-electron chi connectivity index (χ3n) is 5.99. The van der Waals surface area contributed by atoms with Crippen LogP contribution in [0.4, 0.5) is 5.82 Å². The van der Waals surface area contributed by atoms with Gasteiger partial charge in [0.25, 0.3) is 11.5 Å². The van der Waals surface area contributed by atoms with Gasteiger partial charge in [-0.15, -0.1) is 11.3 Å². The first-order chi connectivity index (χ1) is 19.0. The Morgan fingerprint density at radius 2 is 1.95 bits per heavy atom. The molecule has 4 aromatic heterocycles. The first-order valence-corrected chi connectivity index (χ1v) is 13.1. The molecule has 4 heterocycles. The van der Waals surface area contributed by atoms with E-state index >= 15 is 0 Å². The van der Waals surface area contributed by atoms with Gasteiger partial charge < -0.3 is 19.4 Å². The minimum atomic E-state index is -0.431. The summed E-state index contributed by atoms with van der Waals surface area (Å²) in [6.07, 6.45) is 5.11. The van der Waals surface area contributed by atoms with Crippen molar-refractivity contribution in [3.05, 3.63) is 110 Å². The third kappa shape index (κ3) is 5.71. The third-order valence-corrected chi connectivity index (χ3v) is 7.22. The molecule has 0 aliphatic heterocycles. The maximum absolute atomic E-state index is 13.7. The standard InChI is InChI=1S/C28H24ClN5O4S/c1-37-19-7-9-22(24(13-19)38-2)28(36)34-26(31-16-20-8-10-25(29)39-20)14-23(32-34)21-6-4-12-33(27(21)35)17-18-5-3-11-30-15-18/h3-15,31H,16-17H2,1-2H3. The summed E-state index contributed by atoms with van der Waals surface area (Å²) in [5, 5.41) is 7.84. The molecule has 0 radical (unpaired) electrons. The lowest BCUT2D eigenvalue weighted by Crippen LogP contribution is -2.22. The number of methoxy groups -OCH3 is 2. The molecule has 1 N–H and O–H groups in total. The summed E-state index contributed by atoms with van der Waals surface area (Å²) >= 11 is 7.52. The van der Waals surface area contributed by atoms with Gasteiger partial charge in [-0.1, -0.05) is 17.7 Å². The molecule has 5 rings (SSSR count). The average Bonchev–Trinajstić information content (AvgIpc) is 3.58. The van der Waals surface area contributed by atoms with Crippen LogP contribution >= 0.6 is 22.9 Å². The smallest absolute Gasteiger partial charge is 0.283 e. The van der Waals surface area contributed by atoms with E-state index in [0.29, 0.717) is 46.0 Å². The molecule has 0 aliphatic carbocycles. The Labute approximate surface area is 233 Å². The number of pyridine rings is 2.